The maximum absolute atomic E-state index is 15.3. The molecule has 2 N–H and O–H groups in total. The maximum atomic E-state index is 15.3. The van der Waals surface area contributed by atoms with Crippen LogP contribution in [-0.4, -0.2) is 33.7 Å². The molecular weight excluding hydrogens is 747 g/mol. The highest BCUT2D eigenvalue weighted by atomic mass is 19.4. The van der Waals surface area contributed by atoms with E-state index in [0.717, 1.165) is 16.6 Å². The summed E-state index contributed by atoms with van der Waals surface area (Å²) in [5, 5.41) is 12.2. The van der Waals surface area contributed by atoms with Crippen LogP contribution in [-0.2, 0) is 36.9 Å². The lowest BCUT2D eigenvalue weighted by Gasteiger charge is -2.50. The van der Waals surface area contributed by atoms with E-state index < -0.39 is 99.4 Å². The molecule has 15 heteroatoms. The van der Waals surface area contributed by atoms with Gasteiger partial charge in [0.05, 0.1) is 45.7 Å². The Balaban J connectivity index is 1.31. The number of carbonyl (C=O) groups is 4. The van der Waals surface area contributed by atoms with E-state index in [2.05, 4.69) is 5.43 Å². The van der Waals surface area contributed by atoms with Gasteiger partial charge >= 0.3 is 12.4 Å². The molecule has 6 atom stereocenters. The summed E-state index contributed by atoms with van der Waals surface area (Å²) in [6.07, 6.45) is -9.48. The van der Waals surface area contributed by atoms with E-state index in [-0.39, 0.29) is 30.0 Å². The number of halogens is 7. The predicted octanol–water partition coefficient (Wildman–Crippen LogP) is 8.07. The van der Waals surface area contributed by atoms with E-state index in [0.29, 0.717) is 28.3 Å². The van der Waals surface area contributed by atoms with Crippen LogP contribution in [0.4, 0.5) is 42.1 Å². The Morgan fingerprint density at radius 3 is 2.04 bits per heavy atom. The van der Waals surface area contributed by atoms with Gasteiger partial charge in [-0.05, 0) is 67.6 Å². The minimum absolute atomic E-state index is 0.104. The molecule has 2 aliphatic carbocycles. The number of anilines is 2. The number of carbonyl (C=O) groups excluding carboxylic acids is 4. The second-order valence-electron chi connectivity index (χ2n) is 14.5. The lowest BCUT2D eigenvalue weighted by Crippen LogP contribution is -2.53. The molecular formula is C41H30F7N3O5. The number of alkyl halides is 6. The van der Waals surface area contributed by atoms with Gasteiger partial charge in [0.15, 0.2) is 11.6 Å². The summed E-state index contributed by atoms with van der Waals surface area (Å²) in [4.78, 5) is 58.6. The van der Waals surface area contributed by atoms with Crippen molar-refractivity contribution in [3.05, 3.63) is 136 Å². The number of nitrogens with zero attached hydrogens (tertiary/aromatic N) is 2. The van der Waals surface area contributed by atoms with Crippen LogP contribution in [0.15, 0.2) is 103 Å². The summed E-state index contributed by atoms with van der Waals surface area (Å²) in [6, 6.07) is 19.1. The molecule has 0 bridgehead atoms. The van der Waals surface area contributed by atoms with Crippen molar-refractivity contribution in [1.82, 2.24) is 5.01 Å². The molecule has 288 valence electrons. The third kappa shape index (κ3) is 5.49. The SMILES string of the molecule is Cc1ccc(NN2C(=O)C3CC4C(=CCC5C(=O)N(c6cc(C(F)(F)F)cc(C(F)(F)F)c6)C(=O)C54)C(c4cccc(F)c4O)C3(c3ccccc3)C2=O)cc1. The topological polar surface area (TPSA) is 107 Å². The van der Waals surface area contributed by atoms with Gasteiger partial charge in [-0.1, -0.05) is 71.8 Å². The number of hydrogen-bond donors (Lipinski definition) is 2. The Kier molecular flexibility index (Phi) is 8.44. The van der Waals surface area contributed by atoms with Gasteiger partial charge < -0.3 is 5.11 Å². The van der Waals surface area contributed by atoms with Crippen LogP contribution in [0.2, 0.25) is 0 Å². The monoisotopic (exact) mass is 777 g/mol. The molecule has 1 saturated carbocycles. The minimum atomic E-state index is -5.26. The van der Waals surface area contributed by atoms with Crippen LogP contribution in [0.25, 0.3) is 0 Å². The number of phenolic OH excluding ortho intramolecular Hbond substituents is 1. The number of amides is 4. The van der Waals surface area contributed by atoms with E-state index in [1.165, 1.54) is 12.1 Å². The molecule has 8 rings (SSSR count). The van der Waals surface area contributed by atoms with Gasteiger partial charge in [0.2, 0.25) is 11.8 Å². The molecule has 4 amide bonds. The van der Waals surface area contributed by atoms with Gasteiger partial charge in [0, 0.05) is 11.5 Å². The molecule has 2 heterocycles. The Hall–Kier alpha value is -5.99. The van der Waals surface area contributed by atoms with Gasteiger partial charge in [0.25, 0.3) is 11.8 Å². The third-order valence-electron chi connectivity index (χ3n) is 11.6. The number of nitrogens with one attached hydrogen (secondary N) is 1. The van der Waals surface area contributed by atoms with Gasteiger partial charge in [0.1, 0.15) is 0 Å². The molecule has 8 nitrogen and oxygen atoms in total. The molecule has 0 aromatic heterocycles. The van der Waals surface area contributed by atoms with Crippen LogP contribution in [0.1, 0.15) is 46.6 Å². The minimum Gasteiger partial charge on any atom is -0.505 e. The molecule has 4 aromatic rings. The number of aryl methyl sites for hydroxylation is 1. The van der Waals surface area contributed by atoms with Crippen molar-refractivity contribution in [1.29, 1.82) is 0 Å². The zero-order chi connectivity index (χ0) is 40.1. The molecule has 0 spiro atoms. The number of benzene rings is 4. The summed E-state index contributed by atoms with van der Waals surface area (Å²) in [7, 11) is 0. The predicted molar refractivity (Wildman–Crippen MR) is 186 cm³/mol. The lowest BCUT2D eigenvalue weighted by molar-refractivity contribution is -0.143. The summed E-state index contributed by atoms with van der Waals surface area (Å²) < 4.78 is 98.5. The molecule has 2 saturated heterocycles. The summed E-state index contributed by atoms with van der Waals surface area (Å²) >= 11 is 0. The number of fused-ring (bicyclic) bond motifs is 4. The van der Waals surface area contributed by atoms with Gasteiger partial charge in [-0.25, -0.2) is 9.29 Å². The fourth-order valence-electron chi connectivity index (χ4n) is 9.18. The zero-order valence-corrected chi connectivity index (χ0v) is 29.2. The second-order valence-corrected chi connectivity index (χ2v) is 14.5. The van der Waals surface area contributed by atoms with Crippen molar-refractivity contribution in [2.24, 2.45) is 23.7 Å². The molecule has 3 fully saturated rings. The molecule has 4 aromatic carbocycles. The number of allylic oxidation sites excluding steroid dienone is 2. The van der Waals surface area contributed by atoms with Gasteiger partial charge in [-0.15, -0.1) is 0 Å². The molecule has 2 aliphatic heterocycles. The van der Waals surface area contributed by atoms with E-state index in [1.807, 2.05) is 6.92 Å². The fraction of sp³-hybridized carbons (Fsp3) is 0.268. The molecule has 56 heavy (non-hydrogen) atoms. The number of hydrazine groups is 1. The first-order chi connectivity index (χ1) is 26.4. The highest BCUT2D eigenvalue weighted by Crippen LogP contribution is 2.65. The highest BCUT2D eigenvalue weighted by Gasteiger charge is 2.70. The van der Waals surface area contributed by atoms with E-state index in [1.54, 1.807) is 60.7 Å². The van der Waals surface area contributed by atoms with Crippen LogP contribution in [0.3, 0.4) is 0 Å². The number of imide groups is 2. The second kappa shape index (κ2) is 12.8. The Morgan fingerprint density at radius 1 is 0.768 bits per heavy atom. The number of phenols is 1. The first-order valence-electron chi connectivity index (χ1n) is 17.6. The summed E-state index contributed by atoms with van der Waals surface area (Å²) in [5.41, 5.74) is -1.59. The van der Waals surface area contributed by atoms with Crippen LogP contribution in [0.5, 0.6) is 5.75 Å². The fourth-order valence-corrected chi connectivity index (χ4v) is 9.18. The third-order valence-corrected chi connectivity index (χ3v) is 11.6. The van der Waals surface area contributed by atoms with Crippen LogP contribution < -0.4 is 10.3 Å². The number of rotatable bonds is 5. The van der Waals surface area contributed by atoms with Gasteiger partial charge in [-0.2, -0.15) is 31.4 Å². The van der Waals surface area contributed by atoms with Crippen LogP contribution in [0, 0.1) is 36.4 Å². The normalized spacial score (nSPS) is 26.2. The maximum Gasteiger partial charge on any atom is 0.416 e. The zero-order valence-electron chi connectivity index (χ0n) is 29.2. The van der Waals surface area contributed by atoms with Crippen molar-refractivity contribution in [2.45, 2.75) is 43.5 Å². The van der Waals surface area contributed by atoms with Crippen LogP contribution >= 0.6 is 0 Å². The quantitative estimate of drug-likeness (QED) is 0.121. The smallest absolute Gasteiger partial charge is 0.416 e. The van der Waals surface area contributed by atoms with E-state index in [9.17, 15) is 45.8 Å². The van der Waals surface area contributed by atoms with E-state index in [4.69, 9.17) is 0 Å². The first-order valence-corrected chi connectivity index (χ1v) is 17.6. The lowest BCUT2D eigenvalue weighted by atomic mass is 9.49. The Bertz CT molecular complexity index is 2310. The molecule has 0 radical (unpaired) electrons. The summed E-state index contributed by atoms with van der Waals surface area (Å²) in [5.74, 6) is -12.0. The van der Waals surface area contributed by atoms with Gasteiger partial charge in [-0.3, -0.25) is 24.6 Å². The average molecular weight is 778 g/mol. The van der Waals surface area contributed by atoms with E-state index >= 15 is 9.18 Å². The van der Waals surface area contributed by atoms with Crippen molar-refractivity contribution >= 4 is 35.0 Å². The number of hydrogen-bond acceptors (Lipinski definition) is 6. The molecule has 6 unspecified atom stereocenters. The van der Waals surface area contributed by atoms with Crippen molar-refractivity contribution in [3.63, 3.8) is 0 Å². The first kappa shape index (κ1) is 37.0. The standard InChI is InChI=1S/C41H30F7N3O5/c1-20-10-12-24(13-11-20)49-51-36(54)30-19-29-26(33(28-8-5-9-31(42)34(28)52)39(30,38(51)56)21-6-3-2-4-7-21)14-15-27-32(29)37(55)50(35(27)53)25-17-22(40(43,44)45)16-23(18-25)41(46,47)48/h2-14,16-18,27,29-30,32-33,49,52H,15,19H2,1H3. The summed E-state index contributed by atoms with van der Waals surface area (Å²) in [6.45, 7) is 1.84. The Labute approximate surface area is 314 Å². The highest BCUT2D eigenvalue weighted by molar-refractivity contribution is 6.22. The van der Waals surface area contributed by atoms with Crippen molar-refractivity contribution in [3.8, 4) is 5.75 Å². The number of aromatic hydroxyl groups is 1. The molecule has 4 aliphatic rings. The average Bonchev–Trinajstić information content (AvgIpc) is 3.54. The largest absolute Gasteiger partial charge is 0.505 e. The number of para-hydroxylation sites is 1. The van der Waals surface area contributed by atoms with Crippen molar-refractivity contribution < 1.29 is 55.0 Å². The van der Waals surface area contributed by atoms with Crippen molar-refractivity contribution in [2.75, 3.05) is 10.3 Å². The Morgan fingerprint density at radius 2 is 1.41 bits per heavy atom.